The molecule has 1 heterocycles. The van der Waals surface area contributed by atoms with Crippen molar-refractivity contribution in [2.75, 3.05) is 32.0 Å². The van der Waals surface area contributed by atoms with Crippen LogP contribution in [0.2, 0.25) is 0 Å². The van der Waals surface area contributed by atoms with Crippen molar-refractivity contribution in [2.24, 2.45) is 5.92 Å². The van der Waals surface area contributed by atoms with Crippen molar-refractivity contribution >= 4 is 28.4 Å². The van der Waals surface area contributed by atoms with Crippen molar-refractivity contribution in [2.45, 2.75) is 71.4 Å². The normalized spacial score (nSPS) is 19.8. The van der Waals surface area contributed by atoms with E-state index in [1.807, 2.05) is 31.5 Å². The molecule has 1 fully saturated rings. The van der Waals surface area contributed by atoms with E-state index in [2.05, 4.69) is 27.4 Å². The van der Waals surface area contributed by atoms with Crippen molar-refractivity contribution in [3.63, 3.8) is 0 Å². The Hall–Kier alpha value is -2.52. The fourth-order valence-corrected chi connectivity index (χ4v) is 5.71. The molecule has 0 radical (unpaired) electrons. The van der Waals surface area contributed by atoms with Crippen LogP contribution in [0.1, 0.15) is 57.2 Å². The third-order valence-corrected chi connectivity index (χ3v) is 7.93. The quantitative estimate of drug-likeness (QED) is 0.436. The fraction of sp³-hybridized carbons (Fsp3) is 0.593. The Balaban J connectivity index is 1.62. The van der Waals surface area contributed by atoms with Gasteiger partial charge in [0.2, 0.25) is 5.91 Å². The second-order valence-corrected chi connectivity index (χ2v) is 10.7. The van der Waals surface area contributed by atoms with Crippen LogP contribution in [0.5, 0.6) is 0 Å². The minimum atomic E-state index is -0.246. The van der Waals surface area contributed by atoms with Crippen LogP contribution >= 0.6 is 11.3 Å². The van der Waals surface area contributed by atoms with Crippen LogP contribution in [0.15, 0.2) is 29.6 Å². The van der Waals surface area contributed by atoms with E-state index >= 15 is 0 Å². The highest BCUT2D eigenvalue weighted by atomic mass is 32.1. The molecule has 2 N–H and O–H groups in total. The Labute approximate surface area is 218 Å². The zero-order valence-corrected chi connectivity index (χ0v) is 22.7. The van der Waals surface area contributed by atoms with E-state index in [-0.39, 0.29) is 29.8 Å². The molecule has 1 aliphatic rings. The Morgan fingerprint density at radius 2 is 1.94 bits per heavy atom. The molecule has 0 spiro atoms. The largest absolute Gasteiger partial charge is 0.343 e. The molecule has 36 heavy (non-hydrogen) atoms. The predicted octanol–water partition coefficient (Wildman–Crippen LogP) is 5.07. The predicted molar refractivity (Wildman–Crippen MR) is 144 cm³/mol. The summed E-state index contributed by atoms with van der Waals surface area (Å²) in [6, 6.07) is 6.58. The van der Waals surface area contributed by atoms with E-state index < -0.39 is 0 Å². The molecule has 1 aromatic carbocycles. The van der Waals surface area contributed by atoms with Gasteiger partial charge in [0.25, 0.3) is 0 Å². The summed E-state index contributed by atoms with van der Waals surface area (Å²) in [5.41, 5.74) is 2.03. The maximum atomic E-state index is 13.2. The summed E-state index contributed by atoms with van der Waals surface area (Å²) in [5.74, 6) is 0.140. The van der Waals surface area contributed by atoms with E-state index in [1.54, 1.807) is 11.8 Å². The second kappa shape index (κ2) is 13.7. The Morgan fingerprint density at radius 3 is 2.58 bits per heavy atom. The first-order chi connectivity index (χ1) is 17.2. The number of nitrogens with zero attached hydrogens (tertiary/aromatic N) is 3. The average Bonchev–Trinajstić information content (AvgIpc) is 3.25. The molecule has 0 aliphatic heterocycles. The van der Waals surface area contributed by atoms with Crippen LogP contribution in [0.4, 0.5) is 14.3 Å². The van der Waals surface area contributed by atoms with Crippen molar-refractivity contribution in [3.8, 4) is 0 Å². The van der Waals surface area contributed by atoms with Crippen LogP contribution in [-0.4, -0.2) is 65.5 Å². The van der Waals surface area contributed by atoms with Gasteiger partial charge in [0, 0.05) is 38.0 Å². The summed E-state index contributed by atoms with van der Waals surface area (Å²) in [5, 5.41) is 8.56. The molecule has 0 unspecified atom stereocenters. The topological polar surface area (TPSA) is 77.6 Å². The number of thiazole rings is 1. The van der Waals surface area contributed by atoms with Crippen molar-refractivity contribution < 1.29 is 14.0 Å². The molecule has 0 saturated heterocycles. The number of aromatic nitrogens is 1. The summed E-state index contributed by atoms with van der Waals surface area (Å²) >= 11 is 1.41. The van der Waals surface area contributed by atoms with Crippen molar-refractivity contribution in [1.82, 2.24) is 20.1 Å². The molecule has 0 bridgehead atoms. The van der Waals surface area contributed by atoms with Crippen LogP contribution in [-0.2, 0) is 11.2 Å². The molecular weight excluding hydrogens is 477 g/mol. The molecular formula is C27H40FN5O2S. The molecule has 7 nitrogen and oxygen atoms in total. The lowest BCUT2D eigenvalue weighted by Gasteiger charge is -2.41. The third kappa shape index (κ3) is 8.55. The molecule has 2 aromatic rings. The number of carbonyl (C=O) groups is 2. The maximum absolute atomic E-state index is 13.2. The fourth-order valence-electron chi connectivity index (χ4n) is 5.03. The van der Waals surface area contributed by atoms with Gasteiger partial charge < -0.3 is 15.1 Å². The summed E-state index contributed by atoms with van der Waals surface area (Å²) in [6.07, 6.45) is 5.58. The maximum Gasteiger partial charge on any atom is 0.321 e. The number of urea groups is 1. The number of hydrogen-bond donors (Lipinski definition) is 2. The zero-order chi connectivity index (χ0) is 26.1. The number of halogens is 1. The second-order valence-electron chi connectivity index (χ2n) is 9.89. The lowest BCUT2D eigenvalue weighted by atomic mass is 9.80. The minimum absolute atomic E-state index is 0.0388. The first kappa shape index (κ1) is 28.1. The van der Waals surface area contributed by atoms with Gasteiger partial charge in [-0.1, -0.05) is 19.1 Å². The lowest BCUT2D eigenvalue weighted by Crippen LogP contribution is -2.53. The number of aryl methyl sites for hydroxylation is 2. The molecule has 198 valence electrons. The van der Waals surface area contributed by atoms with Crippen LogP contribution in [0.3, 0.4) is 0 Å². The molecule has 3 atom stereocenters. The van der Waals surface area contributed by atoms with E-state index in [0.717, 1.165) is 69.4 Å². The highest BCUT2D eigenvalue weighted by Gasteiger charge is 2.35. The third-order valence-electron chi connectivity index (χ3n) is 7.05. The van der Waals surface area contributed by atoms with Crippen molar-refractivity contribution in [1.29, 1.82) is 0 Å². The number of nitrogens with one attached hydrogen (secondary N) is 2. The van der Waals surface area contributed by atoms with Gasteiger partial charge in [-0.2, -0.15) is 0 Å². The standard InChI is InChI=1S/C27H40FN5O2S/c1-5-14-33(15-6-7-21-8-11-23(28)12-9-21)17-22-10-13-24(32(4)20(3)34)16-25(22)30-26(35)31-27-29-19(2)18-36-27/h8-9,11-12,18,22,24-25H,5-7,10,13-17H2,1-4H3,(H2,29,30,31,35)/t22-,24+,25+/m0/s1. The number of hydrogen-bond acceptors (Lipinski definition) is 5. The van der Waals surface area contributed by atoms with Crippen LogP contribution in [0, 0.1) is 18.7 Å². The molecule has 1 aromatic heterocycles. The number of anilines is 1. The minimum Gasteiger partial charge on any atom is -0.343 e. The van der Waals surface area contributed by atoms with E-state index in [0.29, 0.717) is 11.0 Å². The number of rotatable bonds is 11. The summed E-state index contributed by atoms with van der Waals surface area (Å²) in [7, 11) is 1.85. The first-order valence-electron chi connectivity index (χ1n) is 12.9. The van der Waals surface area contributed by atoms with Gasteiger partial charge >= 0.3 is 6.03 Å². The molecule has 3 rings (SSSR count). The van der Waals surface area contributed by atoms with E-state index in [1.165, 1.54) is 23.5 Å². The highest BCUT2D eigenvalue weighted by molar-refractivity contribution is 7.13. The van der Waals surface area contributed by atoms with Gasteiger partial charge in [-0.25, -0.2) is 14.2 Å². The SMILES string of the molecule is CCCN(CCCc1ccc(F)cc1)C[C@@H]1CC[C@@H](N(C)C(C)=O)C[C@H]1NC(=O)Nc1nc(C)cs1. The summed E-state index contributed by atoms with van der Waals surface area (Å²) < 4.78 is 13.2. The summed E-state index contributed by atoms with van der Waals surface area (Å²) in [6.45, 7) is 8.53. The van der Waals surface area contributed by atoms with Gasteiger partial charge in [-0.15, -0.1) is 11.3 Å². The van der Waals surface area contributed by atoms with Gasteiger partial charge in [-0.05, 0) is 82.2 Å². The molecule has 1 aliphatic carbocycles. The Morgan fingerprint density at radius 1 is 1.19 bits per heavy atom. The van der Waals surface area contributed by atoms with Gasteiger partial charge in [0.15, 0.2) is 5.13 Å². The zero-order valence-electron chi connectivity index (χ0n) is 21.9. The van der Waals surface area contributed by atoms with Gasteiger partial charge in [0.05, 0.1) is 5.69 Å². The number of benzene rings is 1. The molecule has 9 heteroatoms. The number of carbonyl (C=O) groups excluding carboxylic acids is 2. The Kier molecular flexibility index (Phi) is 10.7. The monoisotopic (exact) mass is 517 g/mol. The van der Waals surface area contributed by atoms with Gasteiger partial charge in [0.1, 0.15) is 5.82 Å². The van der Waals surface area contributed by atoms with Crippen molar-refractivity contribution in [3.05, 3.63) is 46.7 Å². The van der Waals surface area contributed by atoms with E-state index in [4.69, 9.17) is 0 Å². The lowest BCUT2D eigenvalue weighted by molar-refractivity contribution is -0.130. The van der Waals surface area contributed by atoms with Gasteiger partial charge in [-0.3, -0.25) is 10.1 Å². The van der Waals surface area contributed by atoms with Crippen LogP contribution < -0.4 is 10.6 Å². The Bertz CT molecular complexity index is 983. The molecule has 3 amide bonds. The first-order valence-corrected chi connectivity index (χ1v) is 13.8. The molecule has 1 saturated carbocycles. The van der Waals surface area contributed by atoms with E-state index in [9.17, 15) is 14.0 Å². The summed E-state index contributed by atoms with van der Waals surface area (Å²) in [4.78, 5) is 33.5. The average molecular weight is 518 g/mol. The number of amides is 3. The smallest absolute Gasteiger partial charge is 0.321 e. The van der Waals surface area contributed by atoms with Crippen LogP contribution in [0.25, 0.3) is 0 Å². The highest BCUT2D eigenvalue weighted by Crippen LogP contribution is 2.29.